The van der Waals surface area contributed by atoms with Gasteiger partial charge in [0.15, 0.2) is 0 Å². The lowest BCUT2D eigenvalue weighted by Crippen LogP contribution is -2.20. The quantitative estimate of drug-likeness (QED) is 0.376. The Morgan fingerprint density at radius 1 is 0.941 bits per heavy atom. The fourth-order valence-electron chi connectivity index (χ4n) is 3.32. The lowest BCUT2D eigenvalue weighted by Gasteiger charge is -2.10. The number of carbonyl (C=O) groups is 2. The lowest BCUT2D eigenvalue weighted by atomic mass is 10.1. The maximum atomic E-state index is 12.9. The standard InChI is InChI=1S/C24H23BrN6O3/c1-15-20(12-26-30(15)2)28-24(33)22-21(13-27-31(22)3)29-23(32)17-7-4-6-16(10-17)14-34-19-9-5-8-18(25)11-19/h4-13H,14H2,1-3H3,(H,28,33)(H,29,32). The molecule has 0 unspecified atom stereocenters. The average molecular weight is 523 g/mol. The normalized spacial score (nSPS) is 10.7. The van der Waals surface area contributed by atoms with Crippen LogP contribution in [0.1, 0.15) is 32.1 Å². The minimum atomic E-state index is -0.400. The van der Waals surface area contributed by atoms with Gasteiger partial charge in [0.05, 0.1) is 29.5 Å². The van der Waals surface area contributed by atoms with Crippen molar-refractivity contribution in [3.63, 3.8) is 0 Å². The molecular formula is C24H23BrN6O3. The number of amides is 2. The monoisotopic (exact) mass is 522 g/mol. The Kier molecular flexibility index (Phi) is 6.78. The third-order valence-electron chi connectivity index (χ3n) is 5.28. The molecule has 2 aromatic carbocycles. The van der Waals surface area contributed by atoms with Gasteiger partial charge in [-0.3, -0.25) is 19.0 Å². The molecule has 0 atom stereocenters. The van der Waals surface area contributed by atoms with Gasteiger partial charge in [0, 0.05) is 24.1 Å². The number of hydrogen-bond donors (Lipinski definition) is 2. The van der Waals surface area contributed by atoms with Crippen LogP contribution in [0, 0.1) is 6.92 Å². The largest absolute Gasteiger partial charge is 0.489 e. The highest BCUT2D eigenvalue weighted by Crippen LogP contribution is 2.21. The van der Waals surface area contributed by atoms with Crippen LogP contribution < -0.4 is 15.4 Å². The second-order valence-electron chi connectivity index (χ2n) is 7.65. The van der Waals surface area contributed by atoms with Gasteiger partial charge < -0.3 is 15.4 Å². The Morgan fingerprint density at radius 2 is 1.65 bits per heavy atom. The van der Waals surface area contributed by atoms with Crippen molar-refractivity contribution in [2.75, 3.05) is 10.6 Å². The summed E-state index contributed by atoms with van der Waals surface area (Å²) >= 11 is 3.42. The molecule has 2 heterocycles. The van der Waals surface area contributed by atoms with E-state index in [1.165, 1.54) is 10.9 Å². The van der Waals surface area contributed by atoms with Crippen LogP contribution in [0.4, 0.5) is 11.4 Å². The molecule has 2 N–H and O–H groups in total. The topological polar surface area (TPSA) is 103 Å². The van der Waals surface area contributed by atoms with Gasteiger partial charge in [0.2, 0.25) is 0 Å². The zero-order valence-corrected chi connectivity index (χ0v) is 20.5. The van der Waals surface area contributed by atoms with Crippen LogP contribution in [0.5, 0.6) is 5.75 Å². The minimum Gasteiger partial charge on any atom is -0.489 e. The molecule has 0 saturated carbocycles. The van der Waals surface area contributed by atoms with Crippen molar-refractivity contribution >= 4 is 39.1 Å². The minimum absolute atomic E-state index is 0.228. The zero-order valence-electron chi connectivity index (χ0n) is 18.9. The molecule has 34 heavy (non-hydrogen) atoms. The van der Waals surface area contributed by atoms with E-state index in [2.05, 4.69) is 36.8 Å². The van der Waals surface area contributed by atoms with Crippen LogP contribution >= 0.6 is 15.9 Å². The molecule has 0 bridgehead atoms. The first-order chi connectivity index (χ1) is 16.3. The van der Waals surface area contributed by atoms with E-state index in [9.17, 15) is 9.59 Å². The molecule has 10 heteroatoms. The van der Waals surface area contributed by atoms with Crippen LogP contribution in [0.3, 0.4) is 0 Å². The first-order valence-corrected chi connectivity index (χ1v) is 11.2. The fraction of sp³-hybridized carbons (Fsp3) is 0.167. The number of halogens is 1. The van der Waals surface area contributed by atoms with Crippen LogP contribution in [-0.2, 0) is 20.7 Å². The number of rotatable bonds is 7. The second kappa shape index (κ2) is 9.92. The third kappa shape index (κ3) is 5.18. The number of nitrogens with one attached hydrogen (secondary N) is 2. The van der Waals surface area contributed by atoms with Gasteiger partial charge in [0.1, 0.15) is 18.1 Å². The smallest absolute Gasteiger partial charge is 0.276 e. The summed E-state index contributed by atoms with van der Waals surface area (Å²) in [5.41, 5.74) is 3.21. The Hall–Kier alpha value is -3.92. The zero-order chi connectivity index (χ0) is 24.2. The van der Waals surface area contributed by atoms with E-state index in [4.69, 9.17) is 4.74 Å². The maximum Gasteiger partial charge on any atom is 0.276 e. The van der Waals surface area contributed by atoms with Crippen molar-refractivity contribution in [2.45, 2.75) is 13.5 Å². The number of hydrogen-bond acceptors (Lipinski definition) is 5. The summed E-state index contributed by atoms with van der Waals surface area (Å²) in [5, 5.41) is 13.9. The van der Waals surface area contributed by atoms with Crippen LogP contribution in [0.2, 0.25) is 0 Å². The summed E-state index contributed by atoms with van der Waals surface area (Å²) in [5.74, 6) is -0.0365. The molecule has 9 nitrogen and oxygen atoms in total. The molecule has 0 radical (unpaired) electrons. The van der Waals surface area contributed by atoms with Gasteiger partial charge in [0.25, 0.3) is 11.8 Å². The van der Waals surface area contributed by atoms with E-state index in [1.807, 2.05) is 37.3 Å². The highest BCUT2D eigenvalue weighted by molar-refractivity contribution is 9.10. The second-order valence-corrected chi connectivity index (χ2v) is 8.57. The summed E-state index contributed by atoms with van der Waals surface area (Å²) in [6, 6.07) is 14.7. The molecular weight excluding hydrogens is 500 g/mol. The maximum absolute atomic E-state index is 12.9. The molecule has 2 aromatic heterocycles. The number of aromatic nitrogens is 4. The van der Waals surface area contributed by atoms with E-state index < -0.39 is 5.91 Å². The van der Waals surface area contributed by atoms with Crippen molar-refractivity contribution in [2.24, 2.45) is 14.1 Å². The first-order valence-electron chi connectivity index (χ1n) is 10.4. The van der Waals surface area contributed by atoms with Crippen molar-refractivity contribution in [1.82, 2.24) is 19.6 Å². The Bertz CT molecular complexity index is 1360. The Balaban J connectivity index is 1.46. The molecule has 174 valence electrons. The predicted molar refractivity (Wildman–Crippen MR) is 132 cm³/mol. The summed E-state index contributed by atoms with van der Waals surface area (Å²) in [7, 11) is 3.43. The first kappa shape index (κ1) is 23.2. The molecule has 2 amide bonds. The van der Waals surface area contributed by atoms with Gasteiger partial charge in [-0.1, -0.05) is 34.1 Å². The fourth-order valence-corrected chi connectivity index (χ4v) is 3.70. The predicted octanol–water partition coefficient (Wildman–Crippen LogP) is 4.31. The van der Waals surface area contributed by atoms with Gasteiger partial charge in [-0.25, -0.2) is 0 Å². The number of nitrogens with zero attached hydrogens (tertiary/aromatic N) is 4. The summed E-state index contributed by atoms with van der Waals surface area (Å²) in [4.78, 5) is 25.9. The van der Waals surface area contributed by atoms with Gasteiger partial charge in [-0.2, -0.15) is 10.2 Å². The van der Waals surface area contributed by atoms with Crippen LogP contribution in [0.15, 0.2) is 65.4 Å². The number of carbonyl (C=O) groups excluding carboxylic acids is 2. The molecule has 0 aliphatic rings. The van der Waals surface area contributed by atoms with E-state index in [0.717, 1.165) is 21.5 Å². The molecule has 0 aliphatic heterocycles. The molecule has 0 fully saturated rings. The summed E-state index contributed by atoms with van der Waals surface area (Å²) in [6.45, 7) is 2.16. The Morgan fingerprint density at radius 3 is 2.38 bits per heavy atom. The van der Waals surface area contributed by atoms with E-state index >= 15 is 0 Å². The third-order valence-corrected chi connectivity index (χ3v) is 5.77. The molecule has 0 aliphatic carbocycles. The van der Waals surface area contributed by atoms with Crippen molar-refractivity contribution in [1.29, 1.82) is 0 Å². The highest BCUT2D eigenvalue weighted by Gasteiger charge is 2.21. The summed E-state index contributed by atoms with van der Waals surface area (Å²) < 4.78 is 9.81. The van der Waals surface area contributed by atoms with Crippen LogP contribution in [-0.4, -0.2) is 31.4 Å². The average Bonchev–Trinajstić information content (AvgIpc) is 3.34. The molecule has 0 spiro atoms. The number of ether oxygens (including phenoxy) is 1. The highest BCUT2D eigenvalue weighted by atomic mass is 79.9. The molecule has 4 rings (SSSR count). The SMILES string of the molecule is Cc1c(NC(=O)c2c(NC(=O)c3cccc(COc4cccc(Br)c4)c3)cnn2C)cnn1C. The van der Waals surface area contributed by atoms with Crippen molar-refractivity contribution < 1.29 is 14.3 Å². The number of anilines is 2. The molecule has 0 saturated heterocycles. The van der Waals surface area contributed by atoms with Crippen LogP contribution in [0.25, 0.3) is 0 Å². The van der Waals surface area contributed by atoms with Gasteiger partial charge in [-0.15, -0.1) is 0 Å². The Labute approximate surface area is 204 Å². The lowest BCUT2D eigenvalue weighted by molar-refractivity contribution is 0.101. The van der Waals surface area contributed by atoms with Gasteiger partial charge >= 0.3 is 0 Å². The number of aryl methyl sites for hydroxylation is 2. The van der Waals surface area contributed by atoms with E-state index in [1.54, 1.807) is 43.2 Å². The van der Waals surface area contributed by atoms with E-state index in [-0.39, 0.29) is 11.6 Å². The van der Waals surface area contributed by atoms with Gasteiger partial charge in [-0.05, 0) is 42.8 Å². The number of benzene rings is 2. The summed E-state index contributed by atoms with van der Waals surface area (Å²) in [6.07, 6.45) is 3.02. The van der Waals surface area contributed by atoms with E-state index in [0.29, 0.717) is 23.5 Å². The molecule has 4 aromatic rings. The van der Waals surface area contributed by atoms with Crippen molar-refractivity contribution in [3.05, 3.63) is 87.9 Å². The van der Waals surface area contributed by atoms with Crippen molar-refractivity contribution in [3.8, 4) is 5.75 Å².